The van der Waals surface area contributed by atoms with Crippen LogP contribution in [-0.2, 0) is 4.79 Å². The molecule has 8 heteroatoms. The number of carboxylic acids is 1. The smallest absolute Gasteiger partial charge is 0.322 e. The summed E-state index contributed by atoms with van der Waals surface area (Å²) < 4.78 is 0.612. The van der Waals surface area contributed by atoms with E-state index in [4.69, 9.17) is 16.7 Å². The molecule has 1 aliphatic rings. The number of nitrogens with one attached hydrogen (secondary N) is 1. The third kappa shape index (κ3) is 4.28. The third-order valence-electron chi connectivity index (χ3n) is 3.09. The van der Waals surface area contributed by atoms with Gasteiger partial charge in [-0.3, -0.25) is 4.79 Å². The first-order valence-electron chi connectivity index (χ1n) is 6.30. The Morgan fingerprint density at radius 2 is 2.29 bits per heavy atom. The molecular weight excluding hydrogens is 380 g/mol. The summed E-state index contributed by atoms with van der Waals surface area (Å²) in [7, 11) is 0. The normalized spacial score (nSPS) is 18.4. The number of carbonyl (C=O) groups excluding carboxylic acids is 1. The number of halogens is 2. The first kappa shape index (κ1) is 16.5. The maximum Gasteiger partial charge on any atom is 0.322 e. The number of hydrogen-bond donors (Lipinski definition) is 2. The monoisotopic (exact) mass is 392 g/mol. The highest BCUT2D eigenvalue weighted by atomic mass is 79.9. The second kappa shape index (κ2) is 7.38. The number of carbonyl (C=O) groups is 2. The van der Waals surface area contributed by atoms with Crippen molar-refractivity contribution in [1.82, 2.24) is 4.90 Å². The molecule has 0 radical (unpaired) electrons. The van der Waals surface area contributed by atoms with Crippen molar-refractivity contribution < 1.29 is 14.7 Å². The van der Waals surface area contributed by atoms with Gasteiger partial charge in [0.05, 0.1) is 27.6 Å². The number of benzene rings is 1. The van der Waals surface area contributed by atoms with E-state index in [2.05, 4.69) is 21.2 Å². The van der Waals surface area contributed by atoms with E-state index in [-0.39, 0.29) is 18.5 Å². The summed E-state index contributed by atoms with van der Waals surface area (Å²) in [6.45, 7) is 0.534. The Hall–Kier alpha value is -0.920. The molecule has 0 aliphatic carbocycles. The number of carboxylic acid groups (broad SMARTS) is 1. The van der Waals surface area contributed by atoms with Gasteiger partial charge in [0.2, 0.25) is 0 Å². The summed E-state index contributed by atoms with van der Waals surface area (Å²) in [6, 6.07) is 4.60. The van der Waals surface area contributed by atoms with Crippen LogP contribution in [0.1, 0.15) is 6.42 Å². The summed E-state index contributed by atoms with van der Waals surface area (Å²) in [5, 5.41) is 12.2. The molecule has 1 aromatic rings. The molecule has 21 heavy (non-hydrogen) atoms. The molecule has 5 nitrogen and oxygen atoms in total. The molecule has 1 fully saturated rings. The lowest BCUT2D eigenvalue weighted by atomic mass is 10.2. The van der Waals surface area contributed by atoms with Gasteiger partial charge in [0.15, 0.2) is 0 Å². The predicted octanol–water partition coefficient (Wildman–Crippen LogP) is 3.53. The molecular formula is C13H14BrClN2O3S. The second-order valence-corrected chi connectivity index (χ2v) is 6.90. The van der Waals surface area contributed by atoms with Crippen molar-refractivity contribution in [3.8, 4) is 0 Å². The Morgan fingerprint density at radius 1 is 1.52 bits per heavy atom. The van der Waals surface area contributed by atoms with E-state index in [0.717, 1.165) is 5.75 Å². The minimum atomic E-state index is -0.899. The van der Waals surface area contributed by atoms with E-state index in [0.29, 0.717) is 27.5 Å². The fraction of sp³-hybridized carbons (Fsp3) is 0.385. The van der Waals surface area contributed by atoms with Gasteiger partial charge in [-0.25, -0.2) is 4.79 Å². The Labute approximate surface area is 140 Å². The molecule has 1 aromatic carbocycles. The second-order valence-electron chi connectivity index (χ2n) is 4.55. The van der Waals surface area contributed by atoms with Crippen LogP contribution in [0, 0.1) is 0 Å². The van der Waals surface area contributed by atoms with Gasteiger partial charge >= 0.3 is 12.0 Å². The molecule has 114 valence electrons. The van der Waals surface area contributed by atoms with Crippen molar-refractivity contribution in [1.29, 1.82) is 0 Å². The number of anilines is 1. The van der Waals surface area contributed by atoms with Crippen LogP contribution < -0.4 is 5.32 Å². The summed E-state index contributed by atoms with van der Waals surface area (Å²) in [5.74, 6) is 0.542. The molecule has 1 aliphatic heterocycles. The van der Waals surface area contributed by atoms with E-state index in [1.165, 1.54) is 0 Å². The van der Waals surface area contributed by atoms with Gasteiger partial charge in [0.25, 0.3) is 0 Å². The first-order valence-corrected chi connectivity index (χ1v) is 8.62. The van der Waals surface area contributed by atoms with Crippen LogP contribution in [0.2, 0.25) is 5.02 Å². The number of urea groups is 1. The predicted molar refractivity (Wildman–Crippen MR) is 88.2 cm³/mol. The van der Waals surface area contributed by atoms with E-state index in [9.17, 15) is 9.59 Å². The molecule has 0 spiro atoms. The van der Waals surface area contributed by atoms with Gasteiger partial charge in [-0.15, -0.1) is 0 Å². The summed E-state index contributed by atoms with van der Waals surface area (Å²) in [5.41, 5.74) is 0.569. The van der Waals surface area contributed by atoms with E-state index in [1.807, 2.05) is 0 Å². The zero-order valence-corrected chi connectivity index (χ0v) is 14.2. The molecule has 1 saturated heterocycles. The number of thioether (sulfide) groups is 1. The van der Waals surface area contributed by atoms with Gasteiger partial charge < -0.3 is 15.3 Å². The molecule has 2 amide bonds. The highest BCUT2D eigenvalue weighted by Gasteiger charge is 2.29. The van der Waals surface area contributed by atoms with Crippen molar-refractivity contribution in [2.75, 3.05) is 23.4 Å². The Bertz CT molecular complexity index is 558. The maximum absolute atomic E-state index is 12.4. The highest BCUT2D eigenvalue weighted by Crippen LogP contribution is 2.30. The topological polar surface area (TPSA) is 69.6 Å². The van der Waals surface area contributed by atoms with Crippen LogP contribution in [-0.4, -0.2) is 46.1 Å². The van der Waals surface area contributed by atoms with Crippen molar-refractivity contribution in [3.05, 3.63) is 27.7 Å². The standard InChI is InChI=1S/C13H14BrClN2O3S/c14-12-9(15)2-1-3-10(12)16-13(20)17-4-5-21-7-8(17)6-11(18)19/h1-3,8H,4-7H2,(H,16,20)(H,18,19). The van der Waals surface area contributed by atoms with Gasteiger partial charge in [-0.2, -0.15) is 11.8 Å². The Morgan fingerprint density at radius 3 is 3.00 bits per heavy atom. The number of nitrogens with zero attached hydrogens (tertiary/aromatic N) is 1. The van der Waals surface area contributed by atoms with E-state index in [1.54, 1.807) is 34.9 Å². The summed E-state index contributed by atoms with van der Waals surface area (Å²) >= 11 is 11.0. The average Bonchev–Trinajstić information content (AvgIpc) is 2.44. The van der Waals surface area contributed by atoms with Crippen molar-refractivity contribution in [3.63, 3.8) is 0 Å². The van der Waals surface area contributed by atoms with E-state index >= 15 is 0 Å². The van der Waals surface area contributed by atoms with Crippen LogP contribution in [0.4, 0.5) is 10.5 Å². The van der Waals surface area contributed by atoms with Gasteiger partial charge in [-0.1, -0.05) is 17.7 Å². The minimum absolute atomic E-state index is 0.0445. The summed E-state index contributed by atoms with van der Waals surface area (Å²) in [6.07, 6.45) is -0.0445. The number of hydrogen-bond acceptors (Lipinski definition) is 3. The van der Waals surface area contributed by atoms with Crippen LogP contribution in [0.25, 0.3) is 0 Å². The number of rotatable bonds is 3. The SMILES string of the molecule is O=C(O)CC1CSCCN1C(=O)Nc1cccc(Cl)c1Br. The average molecular weight is 394 g/mol. The lowest BCUT2D eigenvalue weighted by Crippen LogP contribution is -2.48. The zero-order valence-electron chi connectivity index (χ0n) is 11.0. The van der Waals surface area contributed by atoms with Crippen LogP contribution in [0.5, 0.6) is 0 Å². The largest absolute Gasteiger partial charge is 0.481 e. The van der Waals surface area contributed by atoms with Gasteiger partial charge in [0.1, 0.15) is 0 Å². The zero-order chi connectivity index (χ0) is 15.4. The van der Waals surface area contributed by atoms with Crippen molar-refractivity contribution >= 4 is 57.0 Å². The van der Waals surface area contributed by atoms with Crippen molar-refractivity contribution in [2.45, 2.75) is 12.5 Å². The Kier molecular flexibility index (Phi) is 5.78. The first-order chi connectivity index (χ1) is 9.99. The van der Waals surface area contributed by atoms with Crippen LogP contribution in [0.3, 0.4) is 0 Å². The Balaban J connectivity index is 2.10. The van der Waals surface area contributed by atoms with Gasteiger partial charge in [0, 0.05) is 18.1 Å². The summed E-state index contributed by atoms with van der Waals surface area (Å²) in [4.78, 5) is 24.9. The molecule has 1 unspecified atom stereocenters. The quantitative estimate of drug-likeness (QED) is 0.824. The van der Waals surface area contributed by atoms with Crippen LogP contribution >= 0.6 is 39.3 Å². The fourth-order valence-corrected chi connectivity index (χ4v) is 3.68. The highest BCUT2D eigenvalue weighted by molar-refractivity contribution is 9.10. The van der Waals surface area contributed by atoms with Crippen LogP contribution in [0.15, 0.2) is 22.7 Å². The molecule has 0 bridgehead atoms. The molecule has 0 aromatic heterocycles. The minimum Gasteiger partial charge on any atom is -0.481 e. The molecule has 2 rings (SSSR count). The molecule has 1 atom stereocenters. The number of amides is 2. The maximum atomic E-state index is 12.4. The lowest BCUT2D eigenvalue weighted by molar-refractivity contribution is -0.137. The number of aliphatic carboxylic acids is 1. The van der Waals surface area contributed by atoms with E-state index < -0.39 is 5.97 Å². The molecule has 1 heterocycles. The molecule has 0 saturated carbocycles. The molecule has 2 N–H and O–H groups in total. The fourth-order valence-electron chi connectivity index (χ4n) is 2.08. The third-order valence-corrected chi connectivity index (χ3v) is 5.58. The lowest BCUT2D eigenvalue weighted by Gasteiger charge is -2.34. The van der Waals surface area contributed by atoms with Crippen molar-refractivity contribution in [2.24, 2.45) is 0 Å². The van der Waals surface area contributed by atoms with Gasteiger partial charge in [-0.05, 0) is 28.1 Å².